The quantitative estimate of drug-likeness (QED) is 0.830. The second kappa shape index (κ2) is 5.49. The third-order valence-corrected chi connectivity index (χ3v) is 3.25. The van der Waals surface area contributed by atoms with Crippen LogP contribution in [0.5, 0.6) is 0 Å². The standard InChI is InChI=1S/C12H14BrN3O2/c1-14-5-2-6-16-11(17)9-7-8(13)3-4-10(9)15-12(16)18/h3-4,7,14H,2,5-6H2,1H3,(H,15,18). The largest absolute Gasteiger partial charge is 0.328 e. The molecule has 1 heterocycles. The molecule has 2 N–H and O–H groups in total. The zero-order valence-electron chi connectivity index (χ0n) is 10.00. The molecule has 1 aromatic carbocycles. The van der Waals surface area contributed by atoms with Gasteiger partial charge in [-0.3, -0.25) is 9.36 Å². The Balaban J connectivity index is 2.53. The fourth-order valence-electron chi connectivity index (χ4n) is 1.84. The van der Waals surface area contributed by atoms with Crippen LogP contribution in [0.3, 0.4) is 0 Å². The average Bonchev–Trinajstić information content (AvgIpc) is 2.35. The van der Waals surface area contributed by atoms with Gasteiger partial charge in [0.25, 0.3) is 5.56 Å². The molecule has 6 heteroatoms. The summed E-state index contributed by atoms with van der Waals surface area (Å²) in [6.07, 6.45) is 0.735. The number of benzene rings is 1. The van der Waals surface area contributed by atoms with Crippen molar-refractivity contribution in [2.45, 2.75) is 13.0 Å². The third kappa shape index (κ3) is 2.54. The van der Waals surface area contributed by atoms with E-state index in [1.54, 1.807) is 18.2 Å². The van der Waals surface area contributed by atoms with Crippen molar-refractivity contribution < 1.29 is 0 Å². The molecule has 5 nitrogen and oxygen atoms in total. The molecule has 0 aliphatic heterocycles. The summed E-state index contributed by atoms with van der Waals surface area (Å²) in [5, 5.41) is 3.51. The molecule has 96 valence electrons. The molecule has 0 saturated heterocycles. The molecule has 0 unspecified atom stereocenters. The number of nitrogens with zero attached hydrogens (tertiary/aromatic N) is 1. The number of aromatic nitrogens is 2. The summed E-state index contributed by atoms with van der Waals surface area (Å²) in [5.41, 5.74) is -0.0323. The van der Waals surface area contributed by atoms with Crippen LogP contribution in [-0.2, 0) is 6.54 Å². The summed E-state index contributed by atoms with van der Waals surface area (Å²) in [4.78, 5) is 26.7. The highest BCUT2D eigenvalue weighted by molar-refractivity contribution is 9.10. The molecule has 0 saturated carbocycles. The molecule has 2 aromatic rings. The molecular formula is C12H14BrN3O2. The van der Waals surface area contributed by atoms with Crippen molar-refractivity contribution in [2.75, 3.05) is 13.6 Å². The lowest BCUT2D eigenvalue weighted by Crippen LogP contribution is -2.35. The first kappa shape index (κ1) is 13.0. The summed E-state index contributed by atoms with van der Waals surface area (Å²) < 4.78 is 2.06. The Morgan fingerprint density at radius 2 is 2.17 bits per heavy atom. The molecule has 0 amide bonds. The first-order valence-electron chi connectivity index (χ1n) is 5.70. The van der Waals surface area contributed by atoms with Crippen molar-refractivity contribution in [1.29, 1.82) is 0 Å². The monoisotopic (exact) mass is 311 g/mol. The third-order valence-electron chi connectivity index (χ3n) is 2.75. The maximum absolute atomic E-state index is 12.2. The zero-order valence-corrected chi connectivity index (χ0v) is 11.6. The average molecular weight is 312 g/mol. The maximum Gasteiger partial charge on any atom is 0.328 e. The first-order valence-corrected chi connectivity index (χ1v) is 6.50. The minimum Gasteiger partial charge on any atom is -0.320 e. The van der Waals surface area contributed by atoms with Gasteiger partial charge in [-0.05, 0) is 38.2 Å². The maximum atomic E-state index is 12.2. The van der Waals surface area contributed by atoms with Crippen LogP contribution in [0, 0.1) is 0 Å². The topological polar surface area (TPSA) is 66.9 Å². The minimum atomic E-state index is -0.356. The number of hydrogen-bond acceptors (Lipinski definition) is 3. The molecule has 0 atom stereocenters. The van der Waals surface area contributed by atoms with Gasteiger partial charge >= 0.3 is 5.69 Å². The molecule has 0 radical (unpaired) electrons. The van der Waals surface area contributed by atoms with Gasteiger partial charge < -0.3 is 10.3 Å². The second-order valence-electron chi connectivity index (χ2n) is 4.03. The van der Waals surface area contributed by atoms with E-state index >= 15 is 0 Å². The van der Waals surface area contributed by atoms with E-state index in [4.69, 9.17) is 0 Å². The lowest BCUT2D eigenvalue weighted by atomic mass is 10.2. The van der Waals surface area contributed by atoms with E-state index < -0.39 is 0 Å². The SMILES string of the molecule is CNCCCn1c(=O)[nH]c2ccc(Br)cc2c1=O. The number of H-pyrrole nitrogens is 1. The Morgan fingerprint density at radius 3 is 2.89 bits per heavy atom. The van der Waals surface area contributed by atoms with Gasteiger partial charge in [0, 0.05) is 11.0 Å². The number of halogens is 1. The summed E-state index contributed by atoms with van der Waals surface area (Å²) in [6.45, 7) is 1.18. The van der Waals surface area contributed by atoms with E-state index in [-0.39, 0.29) is 11.2 Å². The molecule has 2 rings (SSSR count). The molecule has 0 spiro atoms. The number of fused-ring (bicyclic) bond motifs is 1. The van der Waals surface area contributed by atoms with Gasteiger partial charge in [-0.2, -0.15) is 0 Å². The van der Waals surface area contributed by atoms with Crippen LogP contribution >= 0.6 is 15.9 Å². The highest BCUT2D eigenvalue weighted by Gasteiger charge is 2.07. The van der Waals surface area contributed by atoms with Crippen molar-refractivity contribution >= 4 is 26.8 Å². The smallest absolute Gasteiger partial charge is 0.320 e. The van der Waals surface area contributed by atoms with Gasteiger partial charge in [0.1, 0.15) is 0 Å². The Bertz CT molecular complexity index is 675. The fraction of sp³-hybridized carbons (Fsp3) is 0.333. The van der Waals surface area contributed by atoms with Gasteiger partial charge in [0.2, 0.25) is 0 Å². The molecule has 0 bridgehead atoms. The van der Waals surface area contributed by atoms with Crippen molar-refractivity contribution in [2.24, 2.45) is 0 Å². The zero-order chi connectivity index (χ0) is 13.1. The lowest BCUT2D eigenvalue weighted by molar-refractivity contribution is 0.578. The van der Waals surface area contributed by atoms with Gasteiger partial charge in [-0.15, -0.1) is 0 Å². The van der Waals surface area contributed by atoms with E-state index in [1.807, 2.05) is 7.05 Å². The highest BCUT2D eigenvalue weighted by atomic mass is 79.9. The summed E-state index contributed by atoms with van der Waals surface area (Å²) in [6, 6.07) is 5.24. The highest BCUT2D eigenvalue weighted by Crippen LogP contribution is 2.14. The van der Waals surface area contributed by atoms with Crippen molar-refractivity contribution in [3.63, 3.8) is 0 Å². The van der Waals surface area contributed by atoms with Crippen LogP contribution in [0.25, 0.3) is 10.9 Å². The van der Waals surface area contributed by atoms with Crippen LogP contribution in [0.15, 0.2) is 32.3 Å². The number of rotatable bonds is 4. The summed E-state index contributed by atoms with van der Waals surface area (Å²) in [7, 11) is 1.84. The molecule has 18 heavy (non-hydrogen) atoms. The molecule has 0 aliphatic rings. The van der Waals surface area contributed by atoms with E-state index in [0.29, 0.717) is 17.4 Å². The van der Waals surface area contributed by atoms with Crippen molar-refractivity contribution in [3.8, 4) is 0 Å². The van der Waals surface area contributed by atoms with E-state index in [1.165, 1.54) is 4.57 Å². The predicted octanol–water partition coefficient (Wildman–Crippen LogP) is 1.06. The van der Waals surface area contributed by atoms with Crippen LogP contribution in [0.1, 0.15) is 6.42 Å². The molecule has 0 aliphatic carbocycles. The van der Waals surface area contributed by atoms with Crippen molar-refractivity contribution in [3.05, 3.63) is 43.5 Å². The van der Waals surface area contributed by atoms with Crippen LogP contribution < -0.4 is 16.6 Å². The van der Waals surface area contributed by atoms with Crippen LogP contribution in [0.2, 0.25) is 0 Å². The Morgan fingerprint density at radius 1 is 1.39 bits per heavy atom. The van der Waals surface area contributed by atoms with Gasteiger partial charge in [-0.1, -0.05) is 15.9 Å². The second-order valence-corrected chi connectivity index (χ2v) is 4.95. The van der Waals surface area contributed by atoms with Gasteiger partial charge in [0.05, 0.1) is 10.9 Å². The molecule has 1 aromatic heterocycles. The molecular weight excluding hydrogens is 298 g/mol. The first-order chi connectivity index (χ1) is 8.63. The van der Waals surface area contributed by atoms with E-state index in [0.717, 1.165) is 17.4 Å². The van der Waals surface area contributed by atoms with Gasteiger partial charge in [0.15, 0.2) is 0 Å². The molecule has 0 fully saturated rings. The summed E-state index contributed by atoms with van der Waals surface area (Å²) in [5.74, 6) is 0. The Hall–Kier alpha value is -1.40. The Labute approximate surface area is 112 Å². The van der Waals surface area contributed by atoms with Crippen LogP contribution in [-0.4, -0.2) is 23.1 Å². The van der Waals surface area contributed by atoms with Crippen molar-refractivity contribution in [1.82, 2.24) is 14.9 Å². The van der Waals surface area contributed by atoms with E-state index in [2.05, 4.69) is 26.2 Å². The predicted molar refractivity (Wildman–Crippen MR) is 75.1 cm³/mol. The summed E-state index contributed by atoms with van der Waals surface area (Å²) >= 11 is 3.32. The number of nitrogens with one attached hydrogen (secondary N) is 2. The fourth-order valence-corrected chi connectivity index (χ4v) is 2.20. The lowest BCUT2D eigenvalue weighted by Gasteiger charge is -2.06. The Kier molecular flexibility index (Phi) is 3.98. The number of aromatic amines is 1. The number of hydrogen-bond donors (Lipinski definition) is 2. The van der Waals surface area contributed by atoms with Gasteiger partial charge in [-0.25, -0.2) is 4.79 Å². The minimum absolute atomic E-state index is 0.244. The van der Waals surface area contributed by atoms with Crippen LogP contribution in [0.4, 0.5) is 0 Å². The van der Waals surface area contributed by atoms with E-state index in [9.17, 15) is 9.59 Å². The normalized spacial score (nSPS) is 11.0.